The van der Waals surface area contributed by atoms with E-state index < -0.39 is 42.3 Å². The average molecular weight is 266 g/mol. The Bertz CT molecular complexity index is 315. The SMILES string of the molecule is NCC(=O)O.N[C@@H](CC(C(=O)O)C(=O)O)C(=O)O. The van der Waals surface area contributed by atoms with E-state index in [-0.39, 0.29) is 6.54 Å². The second kappa shape index (κ2) is 8.90. The molecule has 0 heterocycles. The summed E-state index contributed by atoms with van der Waals surface area (Å²) in [6.45, 7) is -0.278. The van der Waals surface area contributed by atoms with E-state index in [1.807, 2.05) is 0 Å². The lowest BCUT2D eigenvalue weighted by atomic mass is 10.0. The minimum atomic E-state index is -1.77. The number of carboxylic acids is 4. The van der Waals surface area contributed by atoms with Crippen LogP contribution in [0.4, 0.5) is 0 Å². The Morgan fingerprint density at radius 2 is 1.22 bits per heavy atom. The molecule has 0 aromatic heterocycles. The number of carbonyl (C=O) groups is 4. The molecule has 0 fully saturated rings. The Hall–Kier alpha value is -2.20. The van der Waals surface area contributed by atoms with Crippen molar-refractivity contribution in [2.24, 2.45) is 17.4 Å². The van der Waals surface area contributed by atoms with Crippen LogP contribution in [-0.4, -0.2) is 56.9 Å². The fourth-order valence-corrected chi connectivity index (χ4v) is 0.662. The number of hydrogen-bond donors (Lipinski definition) is 6. The number of rotatable bonds is 6. The van der Waals surface area contributed by atoms with Crippen molar-refractivity contribution in [3.8, 4) is 0 Å². The van der Waals surface area contributed by atoms with E-state index in [1.165, 1.54) is 0 Å². The van der Waals surface area contributed by atoms with Gasteiger partial charge in [0.05, 0.1) is 6.54 Å². The van der Waals surface area contributed by atoms with Gasteiger partial charge in [-0.05, 0) is 6.42 Å². The quantitative estimate of drug-likeness (QED) is 0.281. The summed E-state index contributed by atoms with van der Waals surface area (Å²) >= 11 is 0. The zero-order chi connectivity index (χ0) is 14.9. The molecule has 0 bridgehead atoms. The van der Waals surface area contributed by atoms with Crippen molar-refractivity contribution in [1.82, 2.24) is 0 Å². The Morgan fingerprint density at radius 1 is 0.889 bits per heavy atom. The van der Waals surface area contributed by atoms with Crippen molar-refractivity contribution >= 4 is 23.9 Å². The van der Waals surface area contributed by atoms with Crippen LogP contribution in [0.2, 0.25) is 0 Å². The summed E-state index contributed by atoms with van der Waals surface area (Å²) in [6.07, 6.45) is -0.625. The van der Waals surface area contributed by atoms with Gasteiger partial charge in [0.2, 0.25) is 0 Å². The van der Waals surface area contributed by atoms with Gasteiger partial charge in [0.25, 0.3) is 0 Å². The first-order valence-corrected chi connectivity index (χ1v) is 4.49. The van der Waals surface area contributed by atoms with Crippen LogP contribution in [0.5, 0.6) is 0 Å². The highest BCUT2D eigenvalue weighted by Gasteiger charge is 2.30. The molecule has 0 saturated carbocycles. The van der Waals surface area contributed by atoms with Gasteiger partial charge in [0, 0.05) is 0 Å². The minimum Gasteiger partial charge on any atom is -0.481 e. The molecule has 0 saturated heterocycles. The van der Waals surface area contributed by atoms with E-state index in [0.717, 1.165) is 0 Å². The molecule has 0 unspecified atom stereocenters. The Balaban J connectivity index is 0. The van der Waals surface area contributed by atoms with E-state index in [1.54, 1.807) is 0 Å². The summed E-state index contributed by atoms with van der Waals surface area (Å²) in [5.41, 5.74) is 9.54. The molecular formula is C8H14N2O8. The molecule has 0 aliphatic rings. The maximum Gasteiger partial charge on any atom is 0.320 e. The highest BCUT2D eigenvalue weighted by atomic mass is 16.4. The molecule has 0 rings (SSSR count). The fourth-order valence-electron chi connectivity index (χ4n) is 0.662. The number of aliphatic carboxylic acids is 4. The fraction of sp³-hybridized carbons (Fsp3) is 0.500. The predicted molar refractivity (Wildman–Crippen MR) is 55.7 cm³/mol. The van der Waals surface area contributed by atoms with Crippen molar-refractivity contribution < 1.29 is 39.6 Å². The van der Waals surface area contributed by atoms with E-state index in [0.29, 0.717) is 0 Å². The minimum absolute atomic E-state index is 0.278. The van der Waals surface area contributed by atoms with Crippen molar-refractivity contribution in [3.05, 3.63) is 0 Å². The molecule has 10 heteroatoms. The predicted octanol–water partition coefficient (Wildman–Crippen LogP) is -2.40. The third-order valence-electron chi connectivity index (χ3n) is 1.58. The Labute approximate surface area is 101 Å². The molecule has 104 valence electrons. The van der Waals surface area contributed by atoms with Gasteiger partial charge in [-0.15, -0.1) is 0 Å². The van der Waals surface area contributed by atoms with Crippen LogP contribution in [0.1, 0.15) is 6.42 Å². The van der Waals surface area contributed by atoms with Gasteiger partial charge in [-0.3, -0.25) is 19.2 Å². The van der Waals surface area contributed by atoms with Gasteiger partial charge in [0.1, 0.15) is 6.04 Å². The lowest BCUT2D eigenvalue weighted by Gasteiger charge is -2.09. The van der Waals surface area contributed by atoms with Gasteiger partial charge < -0.3 is 31.9 Å². The van der Waals surface area contributed by atoms with Crippen molar-refractivity contribution in [1.29, 1.82) is 0 Å². The Morgan fingerprint density at radius 3 is 1.39 bits per heavy atom. The topological polar surface area (TPSA) is 201 Å². The van der Waals surface area contributed by atoms with Crippen molar-refractivity contribution in [3.63, 3.8) is 0 Å². The summed E-state index contributed by atoms with van der Waals surface area (Å²) in [7, 11) is 0. The first kappa shape index (κ1) is 18.2. The summed E-state index contributed by atoms with van der Waals surface area (Å²) in [4.78, 5) is 40.0. The third kappa shape index (κ3) is 9.06. The average Bonchev–Trinajstić information content (AvgIpc) is 2.24. The standard InChI is InChI=1S/C6H9NO6.C2H5NO2/c7-3(6(12)13)1-2(4(8)9)5(10)11;3-1-2(4)5/h2-3H,1,7H2,(H,8,9)(H,10,11)(H,12,13);1,3H2,(H,4,5)/t3-;/m0./s1. The molecule has 18 heavy (non-hydrogen) atoms. The first-order chi connectivity index (χ1) is 8.13. The Kier molecular flexibility index (Phi) is 8.98. The molecule has 1 atom stereocenters. The van der Waals surface area contributed by atoms with Gasteiger partial charge in [-0.1, -0.05) is 0 Å². The van der Waals surface area contributed by atoms with Gasteiger partial charge in [-0.2, -0.15) is 0 Å². The molecule has 8 N–H and O–H groups in total. The highest BCUT2D eigenvalue weighted by Crippen LogP contribution is 2.06. The van der Waals surface area contributed by atoms with Crippen LogP contribution in [0.25, 0.3) is 0 Å². The molecule has 0 radical (unpaired) electrons. The van der Waals surface area contributed by atoms with Crippen LogP contribution in [0.15, 0.2) is 0 Å². The highest BCUT2D eigenvalue weighted by molar-refractivity contribution is 5.93. The summed E-state index contributed by atoms with van der Waals surface area (Å²) in [5.74, 6) is -7.35. The summed E-state index contributed by atoms with van der Waals surface area (Å²) in [6, 6.07) is -1.47. The molecule has 0 aliphatic carbocycles. The smallest absolute Gasteiger partial charge is 0.320 e. The van der Waals surface area contributed by atoms with Crippen LogP contribution in [-0.2, 0) is 19.2 Å². The van der Waals surface area contributed by atoms with Crippen molar-refractivity contribution in [2.75, 3.05) is 6.54 Å². The van der Waals surface area contributed by atoms with Crippen LogP contribution >= 0.6 is 0 Å². The molecule has 0 aliphatic heterocycles. The van der Waals surface area contributed by atoms with E-state index >= 15 is 0 Å². The molecule has 0 aromatic rings. The molecule has 0 aromatic carbocycles. The van der Waals surface area contributed by atoms with E-state index in [2.05, 4.69) is 5.73 Å². The summed E-state index contributed by atoms with van der Waals surface area (Å²) in [5, 5.41) is 32.6. The second-order valence-corrected chi connectivity index (χ2v) is 3.01. The van der Waals surface area contributed by atoms with E-state index in [4.69, 9.17) is 26.2 Å². The van der Waals surface area contributed by atoms with E-state index in [9.17, 15) is 19.2 Å². The summed E-state index contributed by atoms with van der Waals surface area (Å²) < 4.78 is 0. The third-order valence-corrected chi connectivity index (χ3v) is 1.58. The molecular weight excluding hydrogens is 252 g/mol. The second-order valence-electron chi connectivity index (χ2n) is 3.01. The first-order valence-electron chi connectivity index (χ1n) is 4.49. The van der Waals surface area contributed by atoms with Crippen molar-refractivity contribution in [2.45, 2.75) is 12.5 Å². The maximum absolute atomic E-state index is 10.3. The van der Waals surface area contributed by atoms with Gasteiger partial charge >= 0.3 is 23.9 Å². The van der Waals surface area contributed by atoms with Crippen LogP contribution in [0, 0.1) is 5.92 Å². The lowest BCUT2D eigenvalue weighted by Crippen LogP contribution is -2.37. The molecule has 0 spiro atoms. The monoisotopic (exact) mass is 266 g/mol. The number of nitrogens with two attached hydrogens (primary N) is 2. The molecule has 0 amide bonds. The molecule has 10 nitrogen and oxygen atoms in total. The maximum atomic E-state index is 10.3. The largest absolute Gasteiger partial charge is 0.481 e. The van der Waals surface area contributed by atoms with Crippen LogP contribution < -0.4 is 11.5 Å². The number of hydrogen-bond acceptors (Lipinski definition) is 6. The zero-order valence-corrected chi connectivity index (χ0v) is 9.15. The van der Waals surface area contributed by atoms with Gasteiger partial charge in [0.15, 0.2) is 5.92 Å². The normalized spacial score (nSPS) is 11.1. The number of carboxylic acid groups (broad SMARTS) is 4. The lowest BCUT2D eigenvalue weighted by molar-refractivity contribution is -0.155. The van der Waals surface area contributed by atoms with Gasteiger partial charge in [-0.25, -0.2) is 0 Å². The van der Waals surface area contributed by atoms with Crippen LogP contribution in [0.3, 0.4) is 0 Å². The zero-order valence-electron chi connectivity index (χ0n) is 9.15.